The predicted octanol–water partition coefficient (Wildman–Crippen LogP) is 2.99. The molecule has 2 aromatic rings. The molecule has 0 amide bonds. The first-order chi connectivity index (χ1) is 8.25. The van der Waals surface area contributed by atoms with Crippen LogP contribution < -0.4 is 5.69 Å². The Balaban J connectivity index is 2.08. The number of thioether (sulfide) groups is 1. The first-order valence-electron chi connectivity index (χ1n) is 5.74. The zero-order valence-corrected chi connectivity index (χ0v) is 11.7. The minimum atomic E-state index is -0.000556. The van der Waals surface area contributed by atoms with Gasteiger partial charge in [-0.05, 0) is 46.7 Å². The molecule has 5 heteroatoms. The summed E-state index contributed by atoms with van der Waals surface area (Å²) in [7, 11) is 0. The van der Waals surface area contributed by atoms with Gasteiger partial charge in [0.2, 0.25) is 0 Å². The van der Waals surface area contributed by atoms with Gasteiger partial charge in [0.1, 0.15) is 0 Å². The van der Waals surface area contributed by atoms with Gasteiger partial charge >= 0.3 is 5.69 Å². The van der Waals surface area contributed by atoms with Gasteiger partial charge < -0.3 is 4.98 Å². The van der Waals surface area contributed by atoms with Crippen LogP contribution in [0.3, 0.4) is 0 Å². The lowest BCUT2D eigenvalue weighted by molar-refractivity contribution is 0.635. The molecule has 90 valence electrons. The maximum atomic E-state index is 12.0. The quantitative estimate of drug-likeness (QED) is 0.925. The molecule has 0 bridgehead atoms. The first-order valence-corrected chi connectivity index (χ1v) is 7.58. The second-order valence-electron chi connectivity index (χ2n) is 4.31. The van der Waals surface area contributed by atoms with E-state index in [1.807, 2.05) is 34.5 Å². The molecule has 3 rings (SSSR count). The van der Waals surface area contributed by atoms with Gasteiger partial charge in [0.15, 0.2) is 0 Å². The lowest BCUT2D eigenvalue weighted by atomic mass is 10.2. The van der Waals surface area contributed by atoms with Crippen molar-refractivity contribution in [3.63, 3.8) is 0 Å². The van der Waals surface area contributed by atoms with E-state index >= 15 is 0 Å². The van der Waals surface area contributed by atoms with Crippen molar-refractivity contribution in [2.24, 2.45) is 0 Å². The smallest absolute Gasteiger partial charge is 0.305 e. The number of halogens is 1. The average molecular weight is 313 g/mol. The molecule has 1 aliphatic heterocycles. The topological polar surface area (TPSA) is 37.8 Å². The fraction of sp³-hybridized carbons (Fsp3) is 0.417. The fourth-order valence-corrected chi connectivity index (χ4v) is 4.18. The Kier molecular flexibility index (Phi) is 3.04. The van der Waals surface area contributed by atoms with Crippen LogP contribution >= 0.6 is 27.7 Å². The summed E-state index contributed by atoms with van der Waals surface area (Å²) in [6.45, 7) is 0.812. The van der Waals surface area contributed by atoms with Crippen molar-refractivity contribution < 1.29 is 0 Å². The number of nitrogens with one attached hydrogen (secondary N) is 1. The number of hydrogen-bond acceptors (Lipinski definition) is 2. The van der Waals surface area contributed by atoms with Crippen LogP contribution in [0, 0.1) is 0 Å². The van der Waals surface area contributed by atoms with E-state index in [1.54, 1.807) is 0 Å². The van der Waals surface area contributed by atoms with Crippen LogP contribution in [0.1, 0.15) is 12.8 Å². The third-order valence-corrected chi connectivity index (χ3v) is 5.17. The summed E-state index contributed by atoms with van der Waals surface area (Å²) in [5, 5.41) is 0.582. The number of rotatable bonds is 2. The highest BCUT2D eigenvalue weighted by Gasteiger charge is 2.19. The van der Waals surface area contributed by atoms with E-state index in [9.17, 15) is 4.79 Å². The van der Waals surface area contributed by atoms with E-state index in [1.165, 1.54) is 18.6 Å². The Labute approximate surface area is 112 Å². The van der Waals surface area contributed by atoms with Crippen LogP contribution in [-0.4, -0.2) is 20.6 Å². The first kappa shape index (κ1) is 11.4. The summed E-state index contributed by atoms with van der Waals surface area (Å²) in [6.07, 6.45) is 2.49. The lowest BCUT2D eigenvalue weighted by Crippen LogP contribution is -2.21. The Morgan fingerprint density at radius 3 is 3.18 bits per heavy atom. The molecule has 1 atom stereocenters. The Morgan fingerprint density at radius 2 is 2.41 bits per heavy atom. The largest absolute Gasteiger partial charge is 0.326 e. The summed E-state index contributed by atoms with van der Waals surface area (Å²) >= 11 is 5.50. The SMILES string of the molecule is O=c1[nH]c2cccc(Br)c2n1CC1CCCS1. The Morgan fingerprint density at radius 1 is 1.53 bits per heavy atom. The minimum absolute atomic E-state index is 0.000556. The number of aromatic nitrogens is 2. The minimum Gasteiger partial charge on any atom is -0.305 e. The predicted molar refractivity (Wildman–Crippen MR) is 75.7 cm³/mol. The van der Waals surface area contributed by atoms with Crippen molar-refractivity contribution in [1.82, 2.24) is 9.55 Å². The summed E-state index contributed by atoms with van der Waals surface area (Å²) in [4.78, 5) is 14.9. The zero-order chi connectivity index (χ0) is 11.8. The molecule has 2 heterocycles. The number of imidazole rings is 1. The van der Waals surface area contributed by atoms with Crippen LogP contribution in [0.2, 0.25) is 0 Å². The van der Waals surface area contributed by atoms with E-state index in [-0.39, 0.29) is 5.69 Å². The highest BCUT2D eigenvalue weighted by Crippen LogP contribution is 2.29. The highest BCUT2D eigenvalue weighted by molar-refractivity contribution is 9.10. The van der Waals surface area contributed by atoms with Gasteiger partial charge in [-0.15, -0.1) is 0 Å². The van der Waals surface area contributed by atoms with Gasteiger partial charge in [0.05, 0.1) is 11.0 Å². The van der Waals surface area contributed by atoms with Gasteiger partial charge in [-0.25, -0.2) is 4.79 Å². The number of aromatic amines is 1. The number of fused-ring (bicyclic) bond motifs is 1. The lowest BCUT2D eigenvalue weighted by Gasteiger charge is -2.10. The molecule has 17 heavy (non-hydrogen) atoms. The standard InChI is InChI=1S/C12H13BrN2OS/c13-9-4-1-5-10-11(9)15(12(16)14-10)7-8-3-2-6-17-8/h1,4-5,8H,2-3,6-7H2,(H,14,16). The Bertz CT molecular complexity index is 598. The van der Waals surface area contributed by atoms with Crippen molar-refractivity contribution in [3.05, 3.63) is 33.2 Å². The molecule has 0 saturated carbocycles. The van der Waals surface area contributed by atoms with E-state index in [2.05, 4.69) is 20.9 Å². The van der Waals surface area contributed by atoms with Gasteiger partial charge in [-0.3, -0.25) is 4.57 Å². The monoisotopic (exact) mass is 312 g/mol. The number of nitrogens with zero attached hydrogens (tertiary/aromatic N) is 1. The van der Waals surface area contributed by atoms with Gasteiger partial charge in [0.25, 0.3) is 0 Å². The summed E-state index contributed by atoms with van der Waals surface area (Å²) < 4.78 is 2.85. The van der Waals surface area contributed by atoms with Crippen LogP contribution in [-0.2, 0) is 6.54 Å². The molecule has 0 spiro atoms. The van der Waals surface area contributed by atoms with Gasteiger partial charge in [0, 0.05) is 16.3 Å². The molecular weight excluding hydrogens is 300 g/mol. The van der Waals surface area contributed by atoms with Crippen molar-refractivity contribution in [2.75, 3.05) is 5.75 Å². The van der Waals surface area contributed by atoms with Crippen molar-refractivity contribution in [1.29, 1.82) is 0 Å². The molecular formula is C12H13BrN2OS. The second kappa shape index (κ2) is 4.53. The van der Waals surface area contributed by atoms with Gasteiger partial charge in [-0.1, -0.05) is 6.07 Å². The Hall–Kier alpha value is -0.680. The normalized spacial score (nSPS) is 20.2. The van der Waals surface area contributed by atoms with E-state index in [4.69, 9.17) is 0 Å². The zero-order valence-electron chi connectivity index (χ0n) is 9.28. The third kappa shape index (κ3) is 2.06. The molecule has 0 radical (unpaired) electrons. The maximum absolute atomic E-state index is 12.0. The summed E-state index contributed by atoms with van der Waals surface area (Å²) in [5.41, 5.74) is 1.90. The summed E-state index contributed by atoms with van der Waals surface area (Å²) in [6, 6.07) is 5.87. The molecule has 1 saturated heterocycles. The molecule has 1 aromatic carbocycles. The van der Waals surface area contributed by atoms with Crippen molar-refractivity contribution in [3.8, 4) is 0 Å². The molecule has 1 unspecified atom stereocenters. The molecule has 0 aliphatic carbocycles. The third-order valence-electron chi connectivity index (χ3n) is 3.15. The molecule has 1 N–H and O–H groups in total. The number of benzene rings is 1. The number of hydrogen-bond donors (Lipinski definition) is 1. The molecule has 1 aliphatic rings. The molecule has 3 nitrogen and oxygen atoms in total. The number of para-hydroxylation sites is 1. The van der Waals surface area contributed by atoms with Crippen LogP contribution in [0.25, 0.3) is 11.0 Å². The van der Waals surface area contributed by atoms with Crippen molar-refractivity contribution in [2.45, 2.75) is 24.6 Å². The maximum Gasteiger partial charge on any atom is 0.326 e. The van der Waals surface area contributed by atoms with E-state index < -0.39 is 0 Å². The van der Waals surface area contributed by atoms with Crippen LogP contribution in [0.15, 0.2) is 27.5 Å². The highest BCUT2D eigenvalue weighted by atomic mass is 79.9. The van der Waals surface area contributed by atoms with E-state index in [0.717, 1.165) is 22.1 Å². The van der Waals surface area contributed by atoms with Crippen LogP contribution in [0.5, 0.6) is 0 Å². The van der Waals surface area contributed by atoms with E-state index in [0.29, 0.717) is 5.25 Å². The second-order valence-corrected chi connectivity index (χ2v) is 6.57. The number of H-pyrrole nitrogens is 1. The molecule has 1 fully saturated rings. The molecule has 1 aromatic heterocycles. The van der Waals surface area contributed by atoms with Crippen LogP contribution in [0.4, 0.5) is 0 Å². The average Bonchev–Trinajstić information content (AvgIpc) is 2.89. The van der Waals surface area contributed by atoms with Gasteiger partial charge in [-0.2, -0.15) is 11.8 Å². The summed E-state index contributed by atoms with van der Waals surface area (Å²) in [5.74, 6) is 1.23. The van der Waals surface area contributed by atoms with Crippen molar-refractivity contribution >= 4 is 38.7 Å². The fourth-order valence-electron chi connectivity index (χ4n) is 2.34.